The molecule has 4 heteroatoms. The van der Waals surface area contributed by atoms with Crippen LogP contribution in [0.4, 0.5) is 0 Å². The Morgan fingerprint density at radius 1 is 1.37 bits per heavy atom. The second kappa shape index (κ2) is 5.05. The molecule has 1 fully saturated rings. The van der Waals surface area contributed by atoms with E-state index in [1.54, 1.807) is 6.07 Å². The lowest BCUT2D eigenvalue weighted by Crippen LogP contribution is -2.28. The highest BCUT2D eigenvalue weighted by Gasteiger charge is 2.23. The van der Waals surface area contributed by atoms with Gasteiger partial charge in [0.1, 0.15) is 5.58 Å². The average Bonchev–Trinajstić information content (AvgIpc) is 3.01. The molecule has 1 aliphatic rings. The van der Waals surface area contributed by atoms with Crippen LogP contribution in [-0.4, -0.2) is 23.7 Å². The van der Waals surface area contributed by atoms with E-state index in [1.165, 1.54) is 0 Å². The summed E-state index contributed by atoms with van der Waals surface area (Å²) in [6.07, 6.45) is 2.39. The molecule has 0 bridgehead atoms. The molecule has 19 heavy (non-hydrogen) atoms. The van der Waals surface area contributed by atoms with E-state index in [2.05, 4.69) is 5.32 Å². The molecule has 1 aliphatic carbocycles. The molecule has 0 radical (unpaired) electrons. The van der Waals surface area contributed by atoms with E-state index >= 15 is 0 Å². The number of carbonyl (C=O) groups excluding carboxylic acids is 1. The molecule has 0 saturated heterocycles. The molecule has 1 amide bonds. The molecule has 1 aromatic heterocycles. The van der Waals surface area contributed by atoms with Gasteiger partial charge in [-0.05, 0) is 37.3 Å². The minimum absolute atomic E-state index is 0.183. The third-order valence-electron chi connectivity index (χ3n) is 3.71. The molecular weight excluding hydrogens is 242 g/mol. The van der Waals surface area contributed by atoms with Gasteiger partial charge in [0.25, 0.3) is 5.91 Å². The van der Waals surface area contributed by atoms with Gasteiger partial charge in [0.2, 0.25) is 0 Å². The van der Waals surface area contributed by atoms with Crippen molar-refractivity contribution in [3.63, 3.8) is 0 Å². The number of aliphatic hydroxyl groups excluding tert-OH is 1. The van der Waals surface area contributed by atoms with Gasteiger partial charge in [0.05, 0.1) is 6.10 Å². The monoisotopic (exact) mass is 259 g/mol. The third kappa shape index (κ3) is 2.63. The largest absolute Gasteiger partial charge is 0.451 e. The predicted molar refractivity (Wildman–Crippen MR) is 71.9 cm³/mol. The zero-order valence-corrected chi connectivity index (χ0v) is 10.6. The minimum Gasteiger partial charge on any atom is -0.451 e. The van der Waals surface area contributed by atoms with Crippen LogP contribution in [0, 0.1) is 5.92 Å². The third-order valence-corrected chi connectivity index (χ3v) is 3.71. The van der Waals surface area contributed by atoms with Crippen molar-refractivity contribution in [2.24, 2.45) is 5.92 Å². The number of benzene rings is 1. The summed E-state index contributed by atoms with van der Waals surface area (Å²) < 4.78 is 5.50. The van der Waals surface area contributed by atoms with Crippen LogP contribution in [0.2, 0.25) is 0 Å². The van der Waals surface area contributed by atoms with Gasteiger partial charge in [-0.1, -0.05) is 18.2 Å². The number of fused-ring (bicyclic) bond motifs is 1. The number of furan rings is 1. The first kappa shape index (κ1) is 12.2. The summed E-state index contributed by atoms with van der Waals surface area (Å²) in [5.41, 5.74) is 0.726. The van der Waals surface area contributed by atoms with Crippen molar-refractivity contribution in [2.75, 3.05) is 6.54 Å². The zero-order chi connectivity index (χ0) is 13.2. The Morgan fingerprint density at radius 3 is 2.95 bits per heavy atom. The molecule has 3 rings (SSSR count). The maximum Gasteiger partial charge on any atom is 0.287 e. The Hall–Kier alpha value is -1.81. The van der Waals surface area contributed by atoms with Crippen LogP contribution in [0.25, 0.3) is 11.0 Å². The van der Waals surface area contributed by atoms with Crippen LogP contribution >= 0.6 is 0 Å². The fraction of sp³-hybridized carbons (Fsp3) is 0.400. The first-order valence-corrected chi connectivity index (χ1v) is 6.67. The number of rotatable bonds is 3. The van der Waals surface area contributed by atoms with Gasteiger partial charge >= 0.3 is 0 Å². The Bertz CT molecular complexity index is 557. The summed E-state index contributed by atoms with van der Waals surface area (Å²) >= 11 is 0. The number of aliphatic hydroxyl groups is 1. The van der Waals surface area contributed by atoms with Crippen LogP contribution in [0.3, 0.4) is 0 Å². The van der Waals surface area contributed by atoms with E-state index in [-0.39, 0.29) is 12.0 Å². The van der Waals surface area contributed by atoms with Crippen LogP contribution < -0.4 is 5.32 Å². The predicted octanol–water partition coefficient (Wildman–Crippen LogP) is 2.32. The Labute approximate surface area is 111 Å². The topological polar surface area (TPSA) is 62.5 Å². The summed E-state index contributed by atoms with van der Waals surface area (Å²) in [5, 5.41) is 13.3. The van der Waals surface area contributed by atoms with E-state index in [0.717, 1.165) is 30.2 Å². The van der Waals surface area contributed by atoms with Crippen LogP contribution in [-0.2, 0) is 0 Å². The fourth-order valence-corrected chi connectivity index (χ4v) is 2.65. The van der Waals surface area contributed by atoms with Gasteiger partial charge in [0.15, 0.2) is 5.76 Å². The summed E-state index contributed by atoms with van der Waals surface area (Å²) in [4.78, 5) is 12.0. The summed E-state index contributed by atoms with van der Waals surface area (Å²) in [5.74, 6) is 0.542. The number of carbonyl (C=O) groups is 1. The first-order chi connectivity index (χ1) is 9.22. The minimum atomic E-state index is -0.201. The van der Waals surface area contributed by atoms with E-state index in [1.807, 2.05) is 24.3 Å². The quantitative estimate of drug-likeness (QED) is 0.889. The fourth-order valence-electron chi connectivity index (χ4n) is 2.65. The normalized spacial score (nSPS) is 22.8. The molecule has 2 N–H and O–H groups in total. The van der Waals surface area contributed by atoms with Crippen molar-refractivity contribution in [2.45, 2.75) is 25.4 Å². The molecular formula is C15H17NO3. The van der Waals surface area contributed by atoms with Crippen LogP contribution in [0.5, 0.6) is 0 Å². The number of nitrogens with one attached hydrogen (secondary N) is 1. The lowest BCUT2D eigenvalue weighted by atomic mass is 10.1. The van der Waals surface area contributed by atoms with Gasteiger partial charge < -0.3 is 14.8 Å². The van der Waals surface area contributed by atoms with Gasteiger partial charge in [-0.25, -0.2) is 0 Å². The molecule has 2 aromatic rings. The van der Waals surface area contributed by atoms with Crippen LogP contribution in [0.1, 0.15) is 29.8 Å². The standard InChI is InChI=1S/C15H17NO3/c17-12-6-5-10(7-12)9-16-15(18)14-8-11-3-1-2-4-13(11)19-14/h1-4,8,10,12,17H,5-7,9H2,(H,16,18). The summed E-state index contributed by atoms with van der Waals surface area (Å²) in [6.45, 7) is 0.604. The van der Waals surface area contributed by atoms with E-state index in [9.17, 15) is 9.90 Å². The van der Waals surface area contributed by atoms with Gasteiger partial charge in [-0.2, -0.15) is 0 Å². The lowest BCUT2D eigenvalue weighted by Gasteiger charge is -2.09. The van der Waals surface area contributed by atoms with Crippen molar-refractivity contribution in [3.8, 4) is 0 Å². The summed E-state index contributed by atoms with van der Waals surface area (Å²) in [6, 6.07) is 9.32. The molecule has 2 unspecified atom stereocenters. The Balaban J connectivity index is 1.63. The lowest BCUT2D eigenvalue weighted by molar-refractivity contribution is 0.0919. The Kier molecular flexibility index (Phi) is 3.25. The SMILES string of the molecule is O=C(NCC1CCC(O)C1)c1cc2ccccc2o1. The number of amides is 1. The van der Waals surface area contributed by atoms with Crippen molar-refractivity contribution >= 4 is 16.9 Å². The zero-order valence-electron chi connectivity index (χ0n) is 10.6. The van der Waals surface area contributed by atoms with Gasteiger partial charge in [-0.15, -0.1) is 0 Å². The van der Waals surface area contributed by atoms with E-state index in [4.69, 9.17) is 4.42 Å². The molecule has 0 aliphatic heterocycles. The molecule has 1 heterocycles. The maximum absolute atomic E-state index is 12.0. The van der Waals surface area contributed by atoms with E-state index < -0.39 is 0 Å². The molecule has 2 atom stereocenters. The highest BCUT2D eigenvalue weighted by Crippen LogP contribution is 2.25. The smallest absolute Gasteiger partial charge is 0.287 e. The second-order valence-electron chi connectivity index (χ2n) is 5.19. The van der Waals surface area contributed by atoms with Crippen molar-refractivity contribution < 1.29 is 14.3 Å². The first-order valence-electron chi connectivity index (χ1n) is 6.67. The molecule has 1 saturated carbocycles. The van der Waals surface area contributed by atoms with Gasteiger partial charge in [0, 0.05) is 11.9 Å². The maximum atomic E-state index is 12.0. The molecule has 100 valence electrons. The van der Waals surface area contributed by atoms with Gasteiger partial charge in [-0.3, -0.25) is 4.79 Å². The van der Waals surface area contributed by atoms with Crippen molar-refractivity contribution in [1.29, 1.82) is 0 Å². The Morgan fingerprint density at radius 2 is 2.21 bits per heavy atom. The number of hydrogen-bond acceptors (Lipinski definition) is 3. The highest BCUT2D eigenvalue weighted by molar-refractivity contribution is 5.96. The van der Waals surface area contributed by atoms with Crippen molar-refractivity contribution in [3.05, 3.63) is 36.1 Å². The van der Waals surface area contributed by atoms with Crippen LogP contribution in [0.15, 0.2) is 34.7 Å². The average molecular weight is 259 g/mol. The van der Waals surface area contributed by atoms with Crippen molar-refractivity contribution in [1.82, 2.24) is 5.32 Å². The second-order valence-corrected chi connectivity index (χ2v) is 5.19. The number of para-hydroxylation sites is 1. The number of hydrogen-bond donors (Lipinski definition) is 2. The molecule has 1 aromatic carbocycles. The molecule has 4 nitrogen and oxygen atoms in total. The highest BCUT2D eigenvalue weighted by atomic mass is 16.3. The van der Waals surface area contributed by atoms with E-state index in [0.29, 0.717) is 18.2 Å². The summed E-state index contributed by atoms with van der Waals surface area (Å²) in [7, 11) is 0. The molecule has 0 spiro atoms.